The van der Waals surface area contributed by atoms with Gasteiger partial charge in [0.05, 0.1) is 13.0 Å². The Bertz CT molecular complexity index is 472. The highest BCUT2D eigenvalue weighted by atomic mass is 19.1. The Morgan fingerprint density at radius 2 is 2.00 bits per heavy atom. The first-order valence-corrected chi connectivity index (χ1v) is 6.24. The minimum atomic E-state index is -0.423. The molecule has 1 aromatic carbocycles. The van der Waals surface area contributed by atoms with Crippen LogP contribution in [0.1, 0.15) is 18.9 Å². The molecule has 0 aromatic heterocycles. The lowest BCUT2D eigenvalue weighted by Gasteiger charge is -2.04. The Labute approximate surface area is 116 Å². The molecule has 20 heavy (non-hydrogen) atoms. The number of carbonyl (C=O) groups excluding carboxylic acids is 2. The number of esters is 1. The van der Waals surface area contributed by atoms with E-state index in [1.165, 1.54) is 18.3 Å². The molecule has 1 rings (SSSR count). The fourth-order valence-electron chi connectivity index (χ4n) is 1.35. The van der Waals surface area contributed by atoms with Gasteiger partial charge in [-0.2, -0.15) is 0 Å². The van der Waals surface area contributed by atoms with Crippen LogP contribution in [0, 0.1) is 5.82 Å². The summed E-state index contributed by atoms with van der Waals surface area (Å²) in [6.45, 7) is 2.25. The van der Waals surface area contributed by atoms with Gasteiger partial charge in [0.1, 0.15) is 5.82 Å². The number of rotatable bonds is 6. The van der Waals surface area contributed by atoms with Gasteiger partial charge in [-0.05, 0) is 30.7 Å². The van der Waals surface area contributed by atoms with Crippen molar-refractivity contribution in [2.75, 3.05) is 13.2 Å². The van der Waals surface area contributed by atoms with Crippen molar-refractivity contribution in [3.05, 3.63) is 41.8 Å². The van der Waals surface area contributed by atoms with E-state index in [9.17, 15) is 14.0 Å². The summed E-state index contributed by atoms with van der Waals surface area (Å²) >= 11 is 0. The van der Waals surface area contributed by atoms with Crippen molar-refractivity contribution in [1.29, 1.82) is 0 Å². The summed E-state index contributed by atoms with van der Waals surface area (Å²) in [6, 6.07) is 5.42. The minimum absolute atomic E-state index is 0.128. The molecule has 0 aliphatic carbocycles. The van der Waals surface area contributed by atoms with E-state index in [2.05, 4.69) is 10.6 Å². The first-order valence-electron chi connectivity index (χ1n) is 6.24. The Hall–Kier alpha value is -2.37. The predicted octanol–water partition coefficient (Wildman–Crippen LogP) is 2.05. The van der Waals surface area contributed by atoms with Crippen LogP contribution < -0.4 is 10.6 Å². The van der Waals surface area contributed by atoms with E-state index < -0.39 is 6.03 Å². The molecule has 0 heterocycles. The molecule has 5 nitrogen and oxygen atoms in total. The second-order valence-corrected chi connectivity index (χ2v) is 3.84. The molecule has 0 saturated carbocycles. The maximum absolute atomic E-state index is 12.7. The molecule has 1 aromatic rings. The summed E-state index contributed by atoms with van der Waals surface area (Å²) in [5.41, 5.74) is 0.762. The minimum Gasteiger partial charge on any atom is -0.466 e. The monoisotopic (exact) mass is 280 g/mol. The number of benzene rings is 1. The number of hydrogen-bond acceptors (Lipinski definition) is 3. The number of amides is 2. The van der Waals surface area contributed by atoms with E-state index in [1.807, 2.05) is 0 Å². The van der Waals surface area contributed by atoms with E-state index in [-0.39, 0.29) is 24.8 Å². The van der Waals surface area contributed by atoms with E-state index in [0.29, 0.717) is 6.61 Å². The summed E-state index contributed by atoms with van der Waals surface area (Å²) < 4.78 is 17.4. The summed E-state index contributed by atoms with van der Waals surface area (Å²) in [7, 11) is 0. The van der Waals surface area contributed by atoms with Gasteiger partial charge < -0.3 is 15.4 Å². The number of hydrogen-bond donors (Lipinski definition) is 2. The van der Waals surface area contributed by atoms with Crippen LogP contribution in [0.3, 0.4) is 0 Å². The first-order chi connectivity index (χ1) is 9.61. The highest BCUT2D eigenvalue weighted by molar-refractivity contribution is 5.77. The largest absolute Gasteiger partial charge is 0.466 e. The molecule has 0 radical (unpaired) electrons. The second-order valence-electron chi connectivity index (χ2n) is 3.84. The van der Waals surface area contributed by atoms with E-state index in [1.54, 1.807) is 25.1 Å². The molecule has 0 saturated heterocycles. The molecular formula is C14H17FN2O3. The summed E-state index contributed by atoms with van der Waals surface area (Å²) in [6.07, 6.45) is 3.19. The van der Waals surface area contributed by atoms with Gasteiger partial charge in [-0.25, -0.2) is 9.18 Å². The third kappa shape index (κ3) is 6.53. The highest BCUT2D eigenvalue weighted by Gasteiger charge is 2.02. The van der Waals surface area contributed by atoms with Gasteiger partial charge in [0.25, 0.3) is 0 Å². The van der Waals surface area contributed by atoms with E-state index in [0.717, 1.165) is 5.56 Å². The fourth-order valence-corrected chi connectivity index (χ4v) is 1.35. The molecule has 6 heteroatoms. The van der Waals surface area contributed by atoms with Crippen molar-refractivity contribution < 1.29 is 18.7 Å². The molecule has 2 amide bonds. The Morgan fingerprint density at radius 1 is 1.30 bits per heavy atom. The van der Waals surface area contributed by atoms with Crippen LogP contribution in [0.5, 0.6) is 0 Å². The topological polar surface area (TPSA) is 67.4 Å². The van der Waals surface area contributed by atoms with Crippen molar-refractivity contribution in [2.24, 2.45) is 0 Å². The lowest BCUT2D eigenvalue weighted by Crippen LogP contribution is -2.33. The zero-order chi connectivity index (χ0) is 14.8. The van der Waals surface area contributed by atoms with Crippen LogP contribution in [0.2, 0.25) is 0 Å². The van der Waals surface area contributed by atoms with Gasteiger partial charge in [0.2, 0.25) is 0 Å². The lowest BCUT2D eigenvalue weighted by atomic mass is 10.2. The smallest absolute Gasteiger partial charge is 0.318 e. The summed E-state index contributed by atoms with van der Waals surface area (Å²) in [5.74, 6) is -0.665. The average molecular weight is 280 g/mol. The average Bonchev–Trinajstić information content (AvgIpc) is 2.41. The number of carbonyl (C=O) groups is 2. The highest BCUT2D eigenvalue weighted by Crippen LogP contribution is 2.03. The molecule has 0 aliphatic rings. The van der Waals surface area contributed by atoms with Gasteiger partial charge in [-0.1, -0.05) is 12.1 Å². The molecule has 0 bridgehead atoms. The van der Waals surface area contributed by atoms with Gasteiger partial charge in [0, 0.05) is 12.7 Å². The van der Waals surface area contributed by atoms with Crippen molar-refractivity contribution in [3.8, 4) is 0 Å². The van der Waals surface area contributed by atoms with Crippen LogP contribution in [-0.2, 0) is 9.53 Å². The molecule has 0 atom stereocenters. The number of ether oxygens (including phenoxy) is 1. The third-order valence-electron chi connectivity index (χ3n) is 2.28. The van der Waals surface area contributed by atoms with Crippen LogP contribution in [0.4, 0.5) is 9.18 Å². The van der Waals surface area contributed by atoms with Gasteiger partial charge in [-0.15, -0.1) is 0 Å². The number of urea groups is 1. The zero-order valence-electron chi connectivity index (χ0n) is 11.2. The van der Waals surface area contributed by atoms with E-state index >= 15 is 0 Å². The Morgan fingerprint density at radius 3 is 2.65 bits per heavy atom. The lowest BCUT2D eigenvalue weighted by molar-refractivity contribution is -0.142. The Balaban J connectivity index is 2.22. The maximum Gasteiger partial charge on any atom is 0.318 e. The van der Waals surface area contributed by atoms with Crippen molar-refractivity contribution in [3.63, 3.8) is 0 Å². The number of nitrogens with one attached hydrogen (secondary N) is 2. The van der Waals surface area contributed by atoms with Crippen LogP contribution in [0.15, 0.2) is 30.5 Å². The standard InChI is InChI=1S/C14H17FN2O3/c1-2-20-13(18)8-10-17-14(19)16-9-7-11-3-5-12(15)6-4-11/h3-7,9H,2,8,10H2,1H3,(H2,16,17,19)/b9-7+. The predicted molar refractivity (Wildman–Crippen MR) is 73.2 cm³/mol. The SMILES string of the molecule is CCOC(=O)CCNC(=O)N/C=C/c1ccc(F)cc1. The van der Waals surface area contributed by atoms with Crippen molar-refractivity contribution in [2.45, 2.75) is 13.3 Å². The molecule has 0 spiro atoms. The summed E-state index contributed by atoms with van der Waals surface area (Å²) in [5, 5.41) is 4.98. The van der Waals surface area contributed by atoms with Crippen molar-refractivity contribution >= 4 is 18.1 Å². The van der Waals surface area contributed by atoms with Gasteiger partial charge >= 0.3 is 12.0 Å². The molecule has 0 unspecified atom stereocenters. The molecule has 2 N–H and O–H groups in total. The zero-order valence-corrected chi connectivity index (χ0v) is 11.2. The third-order valence-corrected chi connectivity index (χ3v) is 2.28. The Kier molecular flexibility index (Phi) is 6.81. The molecule has 108 valence electrons. The molecular weight excluding hydrogens is 263 g/mol. The van der Waals surface area contributed by atoms with Crippen molar-refractivity contribution in [1.82, 2.24) is 10.6 Å². The second kappa shape index (κ2) is 8.68. The van der Waals surface area contributed by atoms with Gasteiger partial charge in [-0.3, -0.25) is 4.79 Å². The number of halogens is 1. The van der Waals surface area contributed by atoms with Crippen LogP contribution in [-0.4, -0.2) is 25.2 Å². The maximum atomic E-state index is 12.7. The normalized spacial score (nSPS) is 10.3. The first kappa shape index (κ1) is 15.7. The van der Waals surface area contributed by atoms with Crippen LogP contribution >= 0.6 is 0 Å². The van der Waals surface area contributed by atoms with Gasteiger partial charge in [0.15, 0.2) is 0 Å². The molecule has 0 aliphatic heterocycles. The van der Waals surface area contributed by atoms with Crippen LogP contribution in [0.25, 0.3) is 6.08 Å². The fraction of sp³-hybridized carbons (Fsp3) is 0.286. The van der Waals surface area contributed by atoms with E-state index in [4.69, 9.17) is 4.74 Å². The molecule has 0 fully saturated rings. The quantitative estimate of drug-likeness (QED) is 0.784. The summed E-state index contributed by atoms with van der Waals surface area (Å²) in [4.78, 5) is 22.4.